The third kappa shape index (κ3) is 4.85. The second kappa shape index (κ2) is 11.5. The summed E-state index contributed by atoms with van der Waals surface area (Å²) in [4.78, 5) is 37.2. The quantitative estimate of drug-likeness (QED) is 0.360. The minimum atomic E-state index is -0.674. The highest BCUT2D eigenvalue weighted by atomic mass is 16.6. The van der Waals surface area contributed by atoms with Gasteiger partial charge in [0.1, 0.15) is 0 Å². The Kier molecular flexibility index (Phi) is 12.7. The lowest BCUT2D eigenvalue weighted by Gasteiger charge is -2.40. The molecule has 2 aliphatic carbocycles. The standard InChI is InChI=1S/C20H28O5.6CH4/c1-9-10(2)13-7-12(9)11(3)15(13)16-14(17(21)25-18(16)22)8-20(4)5-6-24-19(20)23;;;;;;/h9-16H,5-8H2,1-4H3;6*1H4. The number of carbonyl (C=O) groups is 3. The van der Waals surface area contributed by atoms with Crippen LogP contribution in [0.25, 0.3) is 0 Å². The highest BCUT2D eigenvalue weighted by Gasteiger charge is 2.62. The van der Waals surface area contributed by atoms with Crippen molar-refractivity contribution in [3.05, 3.63) is 0 Å². The van der Waals surface area contributed by atoms with E-state index in [1.165, 1.54) is 0 Å². The molecule has 4 rings (SSSR count). The fraction of sp³-hybridized carbons (Fsp3) is 0.885. The third-order valence-corrected chi connectivity index (χ3v) is 8.18. The van der Waals surface area contributed by atoms with Gasteiger partial charge in [-0.25, -0.2) is 0 Å². The zero-order valence-electron chi connectivity index (χ0n) is 15.5. The molecular weight excluding hydrogens is 392 g/mol. The fourth-order valence-electron chi connectivity index (χ4n) is 6.50. The minimum absolute atomic E-state index is 0. The van der Waals surface area contributed by atoms with E-state index < -0.39 is 23.2 Å². The SMILES string of the molecule is C.C.C.C.C.C.CC1C(C)C2CC1C(C)C2C1C(=O)OC(=O)C1CC1(C)CCOC1=O. The molecule has 9 atom stereocenters. The Labute approximate surface area is 193 Å². The zero-order valence-corrected chi connectivity index (χ0v) is 15.5. The molecule has 0 spiro atoms. The first kappa shape index (κ1) is 34.2. The summed E-state index contributed by atoms with van der Waals surface area (Å²) in [5, 5.41) is 0. The Morgan fingerprint density at radius 3 is 1.87 bits per heavy atom. The molecule has 0 aromatic rings. The van der Waals surface area contributed by atoms with Gasteiger partial charge in [-0.05, 0) is 61.7 Å². The number of carbonyl (C=O) groups excluding carboxylic acids is 3. The molecule has 0 aromatic carbocycles. The predicted octanol–water partition coefficient (Wildman–Crippen LogP) is 6.64. The molecule has 186 valence electrons. The number of rotatable bonds is 3. The van der Waals surface area contributed by atoms with Crippen LogP contribution in [0.4, 0.5) is 0 Å². The first-order valence-corrected chi connectivity index (χ1v) is 9.67. The maximum Gasteiger partial charge on any atom is 0.317 e. The van der Waals surface area contributed by atoms with E-state index in [2.05, 4.69) is 20.8 Å². The molecule has 0 radical (unpaired) electrons. The summed E-state index contributed by atoms with van der Waals surface area (Å²) in [5.74, 6) is 1.02. The fourth-order valence-corrected chi connectivity index (χ4v) is 6.50. The first-order valence-electron chi connectivity index (χ1n) is 9.67. The van der Waals surface area contributed by atoms with E-state index >= 15 is 0 Å². The summed E-state index contributed by atoms with van der Waals surface area (Å²) in [6.07, 6.45) is 2.13. The molecule has 0 aromatic heterocycles. The van der Waals surface area contributed by atoms with Crippen LogP contribution in [0.15, 0.2) is 0 Å². The largest absolute Gasteiger partial charge is 0.465 e. The topological polar surface area (TPSA) is 69.7 Å². The summed E-state index contributed by atoms with van der Waals surface area (Å²) in [6, 6.07) is 0. The molecule has 9 unspecified atom stereocenters. The van der Waals surface area contributed by atoms with Crippen molar-refractivity contribution < 1.29 is 23.9 Å². The van der Waals surface area contributed by atoms with Gasteiger partial charge >= 0.3 is 17.9 Å². The number of hydrogen-bond donors (Lipinski definition) is 0. The van der Waals surface area contributed by atoms with Gasteiger partial charge in [-0.3, -0.25) is 14.4 Å². The summed E-state index contributed by atoms with van der Waals surface area (Å²) in [7, 11) is 0. The van der Waals surface area contributed by atoms with Crippen LogP contribution >= 0.6 is 0 Å². The summed E-state index contributed by atoms with van der Waals surface area (Å²) >= 11 is 0. The molecule has 4 aliphatic rings. The molecule has 5 nitrogen and oxygen atoms in total. The molecule has 2 bridgehead atoms. The highest BCUT2D eigenvalue weighted by Crippen LogP contribution is 2.62. The number of fused-ring (bicyclic) bond motifs is 2. The molecule has 2 aliphatic heterocycles. The smallest absolute Gasteiger partial charge is 0.317 e. The molecule has 2 saturated heterocycles. The van der Waals surface area contributed by atoms with E-state index in [4.69, 9.17) is 9.47 Å². The lowest BCUT2D eigenvalue weighted by Crippen LogP contribution is -2.41. The Morgan fingerprint density at radius 1 is 0.839 bits per heavy atom. The van der Waals surface area contributed by atoms with Gasteiger partial charge in [-0.2, -0.15) is 0 Å². The van der Waals surface area contributed by atoms with Crippen molar-refractivity contribution in [2.24, 2.45) is 52.8 Å². The van der Waals surface area contributed by atoms with E-state index in [1.807, 2.05) is 6.92 Å². The Balaban J connectivity index is -0.00000131. The maximum atomic E-state index is 12.6. The Morgan fingerprint density at radius 2 is 1.39 bits per heavy atom. The monoisotopic (exact) mass is 444 g/mol. The van der Waals surface area contributed by atoms with E-state index in [0.717, 1.165) is 6.42 Å². The lowest BCUT2D eigenvalue weighted by atomic mass is 9.62. The van der Waals surface area contributed by atoms with E-state index in [9.17, 15) is 14.4 Å². The summed E-state index contributed by atoms with van der Waals surface area (Å²) in [5.41, 5.74) is -0.674. The zero-order chi connectivity index (χ0) is 18.1. The van der Waals surface area contributed by atoms with Gasteiger partial charge in [0.2, 0.25) is 0 Å². The Hall–Kier alpha value is -1.39. The van der Waals surface area contributed by atoms with Crippen LogP contribution in [0, 0.1) is 52.8 Å². The van der Waals surface area contributed by atoms with Gasteiger partial charge in [-0.1, -0.05) is 65.3 Å². The van der Waals surface area contributed by atoms with Gasteiger partial charge in [-0.15, -0.1) is 0 Å². The minimum Gasteiger partial charge on any atom is -0.465 e. The number of esters is 3. The van der Waals surface area contributed by atoms with Crippen molar-refractivity contribution in [3.8, 4) is 0 Å². The average molecular weight is 445 g/mol. The van der Waals surface area contributed by atoms with Crippen LogP contribution < -0.4 is 0 Å². The molecule has 0 N–H and O–H groups in total. The molecule has 0 amide bonds. The first-order chi connectivity index (χ1) is 11.7. The van der Waals surface area contributed by atoms with E-state index in [0.29, 0.717) is 49.0 Å². The van der Waals surface area contributed by atoms with Crippen molar-refractivity contribution in [1.82, 2.24) is 0 Å². The van der Waals surface area contributed by atoms with Gasteiger partial charge in [0.15, 0.2) is 0 Å². The lowest BCUT2D eigenvalue weighted by molar-refractivity contribution is -0.154. The van der Waals surface area contributed by atoms with Crippen LogP contribution in [0.3, 0.4) is 0 Å². The van der Waals surface area contributed by atoms with E-state index in [1.54, 1.807) is 0 Å². The summed E-state index contributed by atoms with van der Waals surface area (Å²) in [6.45, 7) is 9.07. The average Bonchev–Trinajstić information content (AvgIpc) is 3.21. The Bertz CT molecular complexity index is 629. The van der Waals surface area contributed by atoms with Gasteiger partial charge < -0.3 is 9.47 Å². The predicted molar refractivity (Wildman–Crippen MR) is 129 cm³/mol. The van der Waals surface area contributed by atoms with E-state index in [-0.39, 0.29) is 62.4 Å². The van der Waals surface area contributed by atoms with Gasteiger partial charge in [0.05, 0.1) is 23.9 Å². The molecule has 2 saturated carbocycles. The van der Waals surface area contributed by atoms with Crippen molar-refractivity contribution in [2.75, 3.05) is 6.61 Å². The van der Waals surface area contributed by atoms with Crippen molar-refractivity contribution in [1.29, 1.82) is 0 Å². The normalized spacial score (nSPS) is 41.9. The number of hydrogen-bond acceptors (Lipinski definition) is 5. The molecule has 4 fully saturated rings. The highest BCUT2D eigenvalue weighted by molar-refractivity contribution is 5.97. The van der Waals surface area contributed by atoms with Crippen LogP contribution in [0.2, 0.25) is 0 Å². The van der Waals surface area contributed by atoms with Crippen LogP contribution in [0.5, 0.6) is 0 Å². The number of cyclic esters (lactones) is 3. The van der Waals surface area contributed by atoms with Gasteiger partial charge in [0, 0.05) is 0 Å². The second-order valence-corrected chi connectivity index (χ2v) is 9.24. The number of ether oxygens (including phenoxy) is 2. The molecule has 2 heterocycles. The van der Waals surface area contributed by atoms with Crippen LogP contribution in [0.1, 0.15) is 91.5 Å². The van der Waals surface area contributed by atoms with Gasteiger partial charge in [0.25, 0.3) is 0 Å². The molecule has 31 heavy (non-hydrogen) atoms. The maximum absolute atomic E-state index is 12.6. The van der Waals surface area contributed by atoms with Crippen molar-refractivity contribution in [3.63, 3.8) is 0 Å². The second-order valence-electron chi connectivity index (χ2n) is 9.24. The molecule has 5 heteroatoms. The van der Waals surface area contributed by atoms with Crippen LogP contribution in [-0.4, -0.2) is 24.5 Å². The molecular formula is C26H52O5. The third-order valence-electron chi connectivity index (χ3n) is 8.18. The van der Waals surface area contributed by atoms with Crippen LogP contribution in [-0.2, 0) is 23.9 Å². The van der Waals surface area contributed by atoms with Crippen molar-refractivity contribution >= 4 is 17.9 Å². The van der Waals surface area contributed by atoms with Crippen molar-refractivity contribution in [2.45, 2.75) is 91.5 Å². The summed E-state index contributed by atoms with van der Waals surface area (Å²) < 4.78 is 10.2.